The third-order valence-electron chi connectivity index (χ3n) is 4.76. The zero-order chi connectivity index (χ0) is 21.8. The van der Waals surface area contributed by atoms with E-state index in [-0.39, 0.29) is 0 Å². The molecule has 160 valence electrons. The molecule has 1 aliphatic heterocycles. The van der Waals surface area contributed by atoms with E-state index in [9.17, 15) is 4.79 Å². The Morgan fingerprint density at radius 2 is 1.83 bits per heavy atom. The Labute approximate surface area is 177 Å². The number of rotatable bonds is 3. The highest BCUT2D eigenvalue weighted by Gasteiger charge is 2.21. The van der Waals surface area contributed by atoms with Crippen LogP contribution in [0.3, 0.4) is 0 Å². The van der Waals surface area contributed by atoms with Crippen molar-refractivity contribution >= 4 is 19.9 Å². The van der Waals surface area contributed by atoms with Crippen molar-refractivity contribution < 1.29 is 9.53 Å². The minimum Gasteiger partial charge on any atom is -0.444 e. The van der Waals surface area contributed by atoms with E-state index in [2.05, 4.69) is 59.6 Å². The maximum absolute atomic E-state index is 12.5. The highest BCUT2D eigenvalue weighted by Crippen LogP contribution is 2.29. The molecule has 1 aromatic carbocycles. The Hall–Kier alpha value is -1.81. The van der Waals surface area contributed by atoms with Gasteiger partial charge in [0.15, 0.2) is 0 Å². The second kappa shape index (κ2) is 9.33. The summed E-state index contributed by atoms with van der Waals surface area (Å²) in [6.07, 6.45) is -0.424. The molecule has 0 atom stereocenters. The van der Waals surface area contributed by atoms with Crippen LogP contribution in [0, 0.1) is 25.3 Å². The van der Waals surface area contributed by atoms with Crippen LogP contribution >= 0.6 is 0 Å². The van der Waals surface area contributed by atoms with E-state index in [0.717, 1.165) is 55.1 Å². The van der Waals surface area contributed by atoms with Gasteiger partial charge in [-0.25, -0.2) is 4.79 Å². The largest absolute Gasteiger partial charge is 0.444 e. The Kier molecular flexibility index (Phi) is 7.55. The van der Waals surface area contributed by atoms with E-state index < -0.39 is 19.8 Å². The molecule has 1 saturated heterocycles. The standard InChI is InChI=1S/C23H37N3O2Si/c1-17-19(9-14-29(6,7)8)15-20(16-26-12-10-24-11-13-26)18(2)21(17)25-22(27)28-23(3,4)5/h15,24H,10-13,16H2,1-8H3,(H,25,27). The van der Waals surface area contributed by atoms with Crippen molar-refractivity contribution in [2.75, 3.05) is 31.5 Å². The van der Waals surface area contributed by atoms with E-state index in [1.807, 2.05) is 27.7 Å². The van der Waals surface area contributed by atoms with E-state index in [1.54, 1.807) is 0 Å². The Bertz CT molecular complexity index is 805. The molecule has 1 aliphatic rings. The molecule has 0 bridgehead atoms. The average molecular weight is 416 g/mol. The molecule has 0 aliphatic carbocycles. The molecule has 0 radical (unpaired) electrons. The van der Waals surface area contributed by atoms with Crippen LogP contribution < -0.4 is 10.6 Å². The van der Waals surface area contributed by atoms with Gasteiger partial charge in [-0.05, 0) is 57.4 Å². The maximum atomic E-state index is 12.5. The van der Waals surface area contributed by atoms with E-state index in [0.29, 0.717) is 0 Å². The quantitative estimate of drug-likeness (QED) is 0.571. The summed E-state index contributed by atoms with van der Waals surface area (Å²) in [5.41, 5.74) is 8.06. The van der Waals surface area contributed by atoms with Gasteiger partial charge in [0.2, 0.25) is 0 Å². The van der Waals surface area contributed by atoms with Crippen molar-refractivity contribution in [3.05, 3.63) is 28.3 Å². The highest BCUT2D eigenvalue weighted by molar-refractivity contribution is 6.83. The fourth-order valence-electron chi connectivity index (χ4n) is 3.22. The number of nitrogens with zero attached hydrogens (tertiary/aromatic N) is 1. The smallest absolute Gasteiger partial charge is 0.412 e. The van der Waals surface area contributed by atoms with Gasteiger partial charge in [-0.15, -0.1) is 5.54 Å². The average Bonchev–Trinajstić information content (AvgIpc) is 2.58. The summed E-state index contributed by atoms with van der Waals surface area (Å²) in [4.78, 5) is 14.9. The van der Waals surface area contributed by atoms with Crippen molar-refractivity contribution in [1.82, 2.24) is 10.2 Å². The summed E-state index contributed by atoms with van der Waals surface area (Å²) in [6, 6.07) is 2.21. The van der Waals surface area contributed by atoms with Crippen LogP contribution in [0.1, 0.15) is 43.0 Å². The second-order valence-electron chi connectivity index (χ2n) is 9.86. The van der Waals surface area contributed by atoms with Crippen LogP contribution in [-0.2, 0) is 11.3 Å². The van der Waals surface area contributed by atoms with Gasteiger partial charge in [0, 0.05) is 38.3 Å². The predicted octanol–water partition coefficient (Wildman–Crippen LogP) is 4.28. The number of piperazine rings is 1. The molecule has 0 saturated carbocycles. The number of ether oxygens (including phenoxy) is 1. The lowest BCUT2D eigenvalue weighted by molar-refractivity contribution is 0.0635. The molecule has 0 spiro atoms. The molecule has 0 aromatic heterocycles. The molecular weight excluding hydrogens is 378 g/mol. The molecular formula is C23H37N3O2Si. The minimum absolute atomic E-state index is 0.424. The molecule has 2 rings (SSSR count). The fourth-order valence-corrected chi connectivity index (χ4v) is 3.73. The first-order chi connectivity index (χ1) is 13.4. The topological polar surface area (TPSA) is 53.6 Å². The van der Waals surface area contributed by atoms with Crippen molar-refractivity contribution in [1.29, 1.82) is 0 Å². The number of hydrogen-bond donors (Lipinski definition) is 2. The summed E-state index contributed by atoms with van der Waals surface area (Å²) in [5, 5.41) is 6.40. The number of amides is 1. The van der Waals surface area contributed by atoms with E-state index in [4.69, 9.17) is 4.74 Å². The normalized spacial score (nSPS) is 15.4. The first-order valence-corrected chi connectivity index (χ1v) is 13.9. The van der Waals surface area contributed by atoms with Crippen LogP contribution in [0.2, 0.25) is 19.6 Å². The number of hydrogen-bond acceptors (Lipinski definition) is 4. The number of nitrogens with one attached hydrogen (secondary N) is 2. The molecule has 6 heteroatoms. The molecule has 1 aromatic rings. The summed E-state index contributed by atoms with van der Waals surface area (Å²) >= 11 is 0. The zero-order valence-corrected chi connectivity index (χ0v) is 20.4. The molecule has 5 nitrogen and oxygen atoms in total. The van der Waals surface area contributed by atoms with Gasteiger partial charge in [0.25, 0.3) is 0 Å². The minimum atomic E-state index is -1.51. The van der Waals surface area contributed by atoms with Crippen LogP contribution in [0.5, 0.6) is 0 Å². The molecule has 29 heavy (non-hydrogen) atoms. The summed E-state index contributed by atoms with van der Waals surface area (Å²) < 4.78 is 5.50. The Morgan fingerprint density at radius 1 is 1.21 bits per heavy atom. The van der Waals surface area contributed by atoms with Crippen LogP contribution in [0.4, 0.5) is 10.5 Å². The number of benzene rings is 1. The third kappa shape index (κ3) is 7.50. The Morgan fingerprint density at radius 3 is 2.38 bits per heavy atom. The van der Waals surface area contributed by atoms with Crippen LogP contribution in [0.15, 0.2) is 6.07 Å². The lowest BCUT2D eigenvalue weighted by atomic mass is 9.96. The predicted molar refractivity (Wildman–Crippen MR) is 124 cm³/mol. The third-order valence-corrected chi connectivity index (χ3v) is 5.63. The number of anilines is 1. The van der Waals surface area contributed by atoms with Gasteiger partial charge in [-0.3, -0.25) is 10.2 Å². The SMILES string of the molecule is Cc1c(C#C[Si](C)(C)C)cc(CN2CCNCC2)c(C)c1NC(=O)OC(C)(C)C. The van der Waals surface area contributed by atoms with Gasteiger partial charge in [0.1, 0.15) is 13.7 Å². The highest BCUT2D eigenvalue weighted by atomic mass is 28.3. The molecule has 1 heterocycles. The van der Waals surface area contributed by atoms with Crippen molar-refractivity contribution in [2.45, 2.75) is 66.4 Å². The number of carbonyl (C=O) groups excluding carboxylic acids is 1. The molecule has 1 amide bonds. The molecule has 0 unspecified atom stereocenters. The van der Waals surface area contributed by atoms with Crippen LogP contribution in [0.25, 0.3) is 0 Å². The Balaban J connectivity index is 2.43. The van der Waals surface area contributed by atoms with Crippen LogP contribution in [-0.4, -0.2) is 50.8 Å². The lowest BCUT2D eigenvalue weighted by Gasteiger charge is -2.29. The summed E-state index contributed by atoms with van der Waals surface area (Å²) in [5.74, 6) is 3.41. The monoisotopic (exact) mass is 415 g/mol. The van der Waals surface area contributed by atoms with Crippen molar-refractivity contribution in [3.8, 4) is 11.5 Å². The van der Waals surface area contributed by atoms with Gasteiger partial charge in [-0.1, -0.05) is 25.6 Å². The van der Waals surface area contributed by atoms with Gasteiger partial charge in [-0.2, -0.15) is 0 Å². The zero-order valence-electron chi connectivity index (χ0n) is 19.4. The molecule has 2 N–H and O–H groups in total. The fraction of sp³-hybridized carbons (Fsp3) is 0.609. The van der Waals surface area contributed by atoms with E-state index in [1.165, 1.54) is 5.56 Å². The van der Waals surface area contributed by atoms with Crippen molar-refractivity contribution in [2.24, 2.45) is 0 Å². The second-order valence-corrected chi connectivity index (χ2v) is 14.6. The lowest BCUT2D eigenvalue weighted by Crippen LogP contribution is -2.43. The first-order valence-electron chi connectivity index (χ1n) is 10.4. The van der Waals surface area contributed by atoms with Crippen molar-refractivity contribution in [3.63, 3.8) is 0 Å². The summed E-state index contributed by atoms with van der Waals surface area (Å²) in [6.45, 7) is 21.4. The van der Waals surface area contributed by atoms with Gasteiger partial charge < -0.3 is 10.1 Å². The van der Waals surface area contributed by atoms with E-state index >= 15 is 0 Å². The summed E-state index contributed by atoms with van der Waals surface area (Å²) in [7, 11) is -1.51. The maximum Gasteiger partial charge on any atom is 0.412 e. The first kappa shape index (κ1) is 23.5. The number of carbonyl (C=O) groups is 1. The van der Waals surface area contributed by atoms with Gasteiger partial charge >= 0.3 is 6.09 Å². The van der Waals surface area contributed by atoms with Gasteiger partial charge in [0.05, 0.1) is 5.69 Å². The molecule has 1 fully saturated rings.